The van der Waals surface area contributed by atoms with Crippen LogP contribution in [0.25, 0.3) is 21.7 Å². The maximum Gasteiger partial charge on any atom is 0.307 e. The van der Waals surface area contributed by atoms with Crippen LogP contribution in [0.5, 0.6) is 5.75 Å². The van der Waals surface area contributed by atoms with Gasteiger partial charge in [-0.15, -0.1) is 0 Å². The molecule has 0 atom stereocenters. The number of rotatable bonds is 6. The van der Waals surface area contributed by atoms with Gasteiger partial charge in [-0.25, -0.2) is 5.43 Å². The molecule has 0 aliphatic heterocycles. The first-order chi connectivity index (χ1) is 14.6. The predicted octanol–water partition coefficient (Wildman–Crippen LogP) is 4.66. The number of ether oxygens (including phenoxy) is 1. The summed E-state index contributed by atoms with van der Waals surface area (Å²) >= 11 is 0. The van der Waals surface area contributed by atoms with Crippen LogP contribution in [-0.4, -0.2) is 23.7 Å². The predicted molar refractivity (Wildman–Crippen MR) is 113 cm³/mol. The smallest absolute Gasteiger partial charge is 0.307 e. The molecule has 0 saturated carbocycles. The van der Waals surface area contributed by atoms with Crippen molar-refractivity contribution in [1.82, 2.24) is 5.43 Å². The van der Waals surface area contributed by atoms with Gasteiger partial charge in [0.2, 0.25) is 0 Å². The molecule has 8 nitrogen and oxygen atoms in total. The number of non-ortho nitro benzene ring substituents is 1. The summed E-state index contributed by atoms with van der Waals surface area (Å²) in [5.41, 5.74) is 3.47. The number of carbonyl (C=O) groups is 1. The molecule has 0 radical (unpaired) electrons. The van der Waals surface area contributed by atoms with Crippen molar-refractivity contribution < 1.29 is 18.9 Å². The number of hydrazone groups is 1. The summed E-state index contributed by atoms with van der Waals surface area (Å²) in [4.78, 5) is 22.8. The molecular weight excluding hydrogens is 386 g/mol. The highest BCUT2D eigenvalue weighted by atomic mass is 16.6. The van der Waals surface area contributed by atoms with Crippen LogP contribution in [0.4, 0.5) is 5.69 Å². The maximum atomic E-state index is 12.4. The molecule has 3 aromatic carbocycles. The summed E-state index contributed by atoms with van der Waals surface area (Å²) in [5, 5.41) is 17.4. The van der Waals surface area contributed by atoms with E-state index in [1.807, 2.05) is 43.3 Å². The van der Waals surface area contributed by atoms with Crippen molar-refractivity contribution in [3.63, 3.8) is 0 Å². The molecule has 0 aliphatic carbocycles. The summed E-state index contributed by atoms with van der Waals surface area (Å²) in [6.45, 7) is 2.39. The van der Waals surface area contributed by atoms with Gasteiger partial charge >= 0.3 is 5.91 Å². The minimum atomic E-state index is -0.566. The molecule has 150 valence electrons. The van der Waals surface area contributed by atoms with E-state index in [0.717, 1.165) is 16.3 Å². The summed E-state index contributed by atoms with van der Waals surface area (Å²) in [7, 11) is 0. The van der Waals surface area contributed by atoms with Gasteiger partial charge in [-0.3, -0.25) is 14.9 Å². The molecule has 4 aromatic rings. The van der Waals surface area contributed by atoms with Crippen LogP contribution in [0.3, 0.4) is 0 Å². The van der Waals surface area contributed by atoms with Gasteiger partial charge in [0.1, 0.15) is 11.3 Å². The number of benzene rings is 3. The normalized spacial score (nSPS) is 11.2. The molecule has 0 spiro atoms. The van der Waals surface area contributed by atoms with Crippen molar-refractivity contribution in [2.75, 3.05) is 6.61 Å². The van der Waals surface area contributed by atoms with Crippen molar-refractivity contribution in [3.05, 3.63) is 82.1 Å². The molecular formula is C22H17N3O5. The van der Waals surface area contributed by atoms with E-state index in [-0.39, 0.29) is 11.4 Å². The van der Waals surface area contributed by atoms with Crippen LogP contribution < -0.4 is 10.2 Å². The second-order valence-electron chi connectivity index (χ2n) is 6.42. The molecule has 0 bridgehead atoms. The number of fused-ring (bicyclic) bond motifs is 2. The molecule has 0 aliphatic rings. The fourth-order valence-electron chi connectivity index (χ4n) is 3.16. The number of carbonyl (C=O) groups excluding carboxylic acids is 1. The summed E-state index contributed by atoms with van der Waals surface area (Å²) in [6, 6.07) is 17.2. The van der Waals surface area contributed by atoms with Crippen molar-refractivity contribution in [2.45, 2.75) is 6.92 Å². The van der Waals surface area contributed by atoms with Crippen molar-refractivity contribution in [3.8, 4) is 5.75 Å². The van der Waals surface area contributed by atoms with Gasteiger partial charge in [-0.1, -0.05) is 30.3 Å². The fraction of sp³-hybridized carbons (Fsp3) is 0.0909. The number of nitro groups is 1. The third-order valence-electron chi connectivity index (χ3n) is 4.52. The Morgan fingerprint density at radius 1 is 1.17 bits per heavy atom. The Labute approximate surface area is 170 Å². The summed E-state index contributed by atoms with van der Waals surface area (Å²) in [6.07, 6.45) is 1.53. The Morgan fingerprint density at radius 3 is 2.80 bits per heavy atom. The third kappa shape index (κ3) is 3.70. The zero-order valence-electron chi connectivity index (χ0n) is 16.0. The van der Waals surface area contributed by atoms with E-state index in [1.165, 1.54) is 30.5 Å². The highest BCUT2D eigenvalue weighted by Gasteiger charge is 2.15. The van der Waals surface area contributed by atoms with Crippen LogP contribution in [-0.2, 0) is 0 Å². The SMILES string of the molecule is CCOc1ccc2ccccc2c1/C=N/NC(=O)c1cc2cc([N+](=O)[O-])ccc2o1. The third-order valence-corrected chi connectivity index (χ3v) is 4.52. The lowest BCUT2D eigenvalue weighted by Crippen LogP contribution is -2.16. The number of furan rings is 1. The van der Waals surface area contributed by atoms with E-state index in [0.29, 0.717) is 23.3 Å². The second-order valence-corrected chi connectivity index (χ2v) is 6.42. The van der Waals surface area contributed by atoms with Gasteiger partial charge in [-0.05, 0) is 35.9 Å². The lowest BCUT2D eigenvalue weighted by atomic mass is 10.0. The van der Waals surface area contributed by atoms with Crippen LogP contribution in [0.1, 0.15) is 23.0 Å². The van der Waals surface area contributed by atoms with Gasteiger partial charge < -0.3 is 9.15 Å². The lowest BCUT2D eigenvalue weighted by Gasteiger charge is -2.10. The molecule has 0 unspecified atom stereocenters. The highest BCUT2D eigenvalue weighted by molar-refractivity contribution is 6.03. The molecule has 1 aromatic heterocycles. The highest BCUT2D eigenvalue weighted by Crippen LogP contribution is 2.27. The minimum Gasteiger partial charge on any atom is -0.493 e. The van der Waals surface area contributed by atoms with Crippen LogP contribution in [0.15, 0.2) is 70.2 Å². The number of nitrogens with zero attached hydrogens (tertiary/aromatic N) is 2. The second kappa shape index (κ2) is 8.04. The molecule has 0 fully saturated rings. The lowest BCUT2D eigenvalue weighted by molar-refractivity contribution is -0.384. The molecule has 1 amide bonds. The molecule has 0 saturated heterocycles. The maximum absolute atomic E-state index is 12.4. The first-order valence-corrected chi connectivity index (χ1v) is 9.22. The first-order valence-electron chi connectivity index (χ1n) is 9.22. The Balaban J connectivity index is 1.59. The fourth-order valence-corrected chi connectivity index (χ4v) is 3.16. The number of hydrogen-bond acceptors (Lipinski definition) is 6. The Kier molecular flexibility index (Phi) is 5.13. The Bertz CT molecular complexity index is 1290. The number of hydrogen-bond donors (Lipinski definition) is 1. The van der Waals surface area contributed by atoms with E-state index >= 15 is 0 Å². The largest absolute Gasteiger partial charge is 0.493 e. The van der Waals surface area contributed by atoms with E-state index in [2.05, 4.69) is 10.5 Å². The standard InChI is InChI=1S/C22H17N3O5/c1-2-29-20-9-7-14-5-3-4-6-17(14)18(20)13-23-24-22(26)21-12-15-11-16(25(27)28)8-10-19(15)30-21/h3-13H,2H2,1H3,(H,24,26)/b23-13+. The molecule has 4 rings (SSSR count). The van der Waals surface area contributed by atoms with Crippen LogP contribution in [0.2, 0.25) is 0 Å². The van der Waals surface area contributed by atoms with E-state index in [4.69, 9.17) is 9.15 Å². The van der Waals surface area contributed by atoms with Gasteiger partial charge in [0, 0.05) is 23.1 Å². The molecule has 30 heavy (non-hydrogen) atoms. The van der Waals surface area contributed by atoms with Crippen molar-refractivity contribution in [2.24, 2.45) is 5.10 Å². The average molecular weight is 403 g/mol. The molecule has 1 heterocycles. The monoisotopic (exact) mass is 403 g/mol. The number of nitro benzene ring substituents is 1. The number of amides is 1. The topological polar surface area (TPSA) is 107 Å². The van der Waals surface area contributed by atoms with Crippen molar-refractivity contribution in [1.29, 1.82) is 0 Å². The number of nitrogens with one attached hydrogen (secondary N) is 1. The van der Waals surface area contributed by atoms with E-state index < -0.39 is 10.8 Å². The van der Waals surface area contributed by atoms with Gasteiger partial charge in [0.05, 0.1) is 17.7 Å². The van der Waals surface area contributed by atoms with Crippen LogP contribution in [0, 0.1) is 10.1 Å². The van der Waals surface area contributed by atoms with Gasteiger partial charge in [0.15, 0.2) is 5.76 Å². The quantitative estimate of drug-likeness (QED) is 0.286. The minimum absolute atomic E-state index is 0.00518. The summed E-state index contributed by atoms with van der Waals surface area (Å²) in [5.74, 6) is 0.0964. The van der Waals surface area contributed by atoms with E-state index in [9.17, 15) is 14.9 Å². The average Bonchev–Trinajstić information content (AvgIpc) is 3.18. The first kappa shape index (κ1) is 19.1. The Hall–Kier alpha value is -4.20. The van der Waals surface area contributed by atoms with Gasteiger partial charge in [0.25, 0.3) is 5.69 Å². The van der Waals surface area contributed by atoms with E-state index in [1.54, 1.807) is 0 Å². The Morgan fingerprint density at radius 2 is 2.00 bits per heavy atom. The zero-order valence-corrected chi connectivity index (χ0v) is 16.0. The molecule has 1 N–H and O–H groups in total. The summed E-state index contributed by atoms with van der Waals surface area (Å²) < 4.78 is 11.1. The van der Waals surface area contributed by atoms with Crippen molar-refractivity contribution >= 4 is 39.6 Å². The van der Waals surface area contributed by atoms with Gasteiger partial charge in [-0.2, -0.15) is 5.10 Å². The van der Waals surface area contributed by atoms with Crippen LogP contribution >= 0.6 is 0 Å². The zero-order chi connectivity index (χ0) is 21.1. The molecule has 8 heteroatoms.